The largest absolute Gasteiger partial charge is 1.00 e. The van der Waals surface area contributed by atoms with E-state index >= 15 is 0 Å². The Morgan fingerprint density at radius 2 is 0.644 bits per heavy atom. The molecule has 0 aliphatic heterocycles. The molecule has 0 radical (unpaired) electrons. The minimum atomic E-state index is -2.19. The molecule has 0 bridgehead atoms. The van der Waals surface area contributed by atoms with Crippen molar-refractivity contribution in [1.82, 2.24) is 0 Å². The van der Waals surface area contributed by atoms with E-state index in [4.69, 9.17) is 19.7 Å². The van der Waals surface area contributed by atoms with Crippen molar-refractivity contribution in [3.63, 3.8) is 0 Å². The molecule has 0 aromatic heterocycles. The molecule has 4 nitrogen and oxygen atoms in total. The predicted molar refractivity (Wildman–Crippen MR) is 195 cm³/mol. The SMILES string of the molecule is CCOCC.Cc1cc(C)cc([N-][Si](C)(C)C([Si](C)(C)[N-]c2cc(C)cc(C)c2)[Si](C)(C)[N-]c2cc(C)cc(C)c2)c1.[Li+].[Li+].[Li+]. The molecule has 45 heavy (non-hydrogen) atoms. The van der Waals surface area contributed by atoms with E-state index in [-0.39, 0.29) is 56.6 Å². The number of hydrogen-bond acceptors (Lipinski definition) is 1. The molecule has 0 amide bonds. The van der Waals surface area contributed by atoms with E-state index in [0.717, 1.165) is 30.3 Å². The molecule has 0 unspecified atom stereocenters. The van der Waals surface area contributed by atoms with Gasteiger partial charge in [0, 0.05) is 13.2 Å². The normalized spacial score (nSPS) is 11.3. The Labute approximate surface area is 316 Å². The van der Waals surface area contributed by atoms with Crippen LogP contribution in [-0.4, -0.2) is 37.9 Å². The molecular weight excluding hydrogens is 583 g/mol. The Morgan fingerprint density at radius 3 is 0.800 bits per heavy atom. The van der Waals surface area contributed by atoms with Gasteiger partial charge in [-0.3, -0.25) is 0 Å². The third-order valence-electron chi connectivity index (χ3n) is 7.40. The van der Waals surface area contributed by atoms with E-state index < -0.39 is 24.7 Å². The average Bonchev–Trinajstić information content (AvgIpc) is 2.75. The van der Waals surface area contributed by atoms with Crippen LogP contribution in [0.5, 0.6) is 0 Å². The molecule has 0 heterocycles. The van der Waals surface area contributed by atoms with Crippen molar-refractivity contribution < 1.29 is 61.3 Å². The Kier molecular flexibility index (Phi) is 20.8. The first kappa shape index (κ1) is 46.6. The molecule has 0 aliphatic carbocycles. The van der Waals surface area contributed by atoms with E-state index in [0.29, 0.717) is 4.79 Å². The second kappa shape index (κ2) is 20.1. The maximum absolute atomic E-state index is 5.59. The van der Waals surface area contributed by atoms with Gasteiger partial charge in [0.25, 0.3) is 0 Å². The number of rotatable bonds is 11. The van der Waals surface area contributed by atoms with Crippen LogP contribution in [0.2, 0.25) is 44.1 Å². The van der Waals surface area contributed by atoms with Crippen molar-refractivity contribution in [1.29, 1.82) is 0 Å². The molecule has 0 N–H and O–H groups in total. The summed E-state index contributed by atoms with van der Waals surface area (Å²) in [5.41, 5.74) is 11.0. The smallest absolute Gasteiger partial charge is 0.687 e. The fourth-order valence-corrected chi connectivity index (χ4v) is 31.7. The van der Waals surface area contributed by atoms with Gasteiger partial charge in [-0.1, -0.05) is 157 Å². The van der Waals surface area contributed by atoms with E-state index in [1.807, 2.05) is 13.8 Å². The third-order valence-corrected chi connectivity index (χ3v) is 26.9. The van der Waals surface area contributed by atoms with Gasteiger partial charge < -0.3 is 19.7 Å². The van der Waals surface area contributed by atoms with E-state index in [1.54, 1.807) is 0 Å². The molecular formula is C35H56Li3N3OSi3. The van der Waals surface area contributed by atoms with Crippen LogP contribution in [0.25, 0.3) is 14.9 Å². The van der Waals surface area contributed by atoms with Crippen LogP contribution in [0, 0.1) is 41.5 Å². The molecule has 10 heteroatoms. The van der Waals surface area contributed by atoms with Gasteiger partial charge in [0.1, 0.15) is 0 Å². The van der Waals surface area contributed by atoms with Crippen LogP contribution in [0.4, 0.5) is 17.1 Å². The first-order valence-electron chi connectivity index (χ1n) is 15.4. The number of ether oxygens (including phenoxy) is 1. The van der Waals surface area contributed by atoms with Crippen molar-refractivity contribution in [3.05, 3.63) is 103 Å². The van der Waals surface area contributed by atoms with Gasteiger partial charge in [-0.2, -0.15) is 0 Å². The third kappa shape index (κ3) is 15.0. The topological polar surface area (TPSA) is 51.5 Å². The number of aryl methyl sites for hydroxylation is 6. The molecule has 0 saturated carbocycles. The summed E-state index contributed by atoms with van der Waals surface area (Å²) in [6.45, 7) is 33.4. The standard InChI is InChI=1S/C31H46N3Si3.C4H10O.3Li/c1-22-13-23(2)17-28(16-22)32-35(7,8)31(36(9,10)33-29-18-24(3)14-25(4)19-29)37(11,12)34-30-20-26(5)15-27(6)21-30;1-3-5-4-2;;;/h13-21,31H,1-12H3;3-4H2,1-2H3;;;/q-3;;3*+1. The summed E-state index contributed by atoms with van der Waals surface area (Å²) in [7, 11) is -6.57. The minimum absolute atomic E-state index is 0. The van der Waals surface area contributed by atoms with Gasteiger partial charge in [0.15, 0.2) is 0 Å². The maximum atomic E-state index is 5.59. The summed E-state index contributed by atoms with van der Waals surface area (Å²) in [4.78, 5) is 17.2. The van der Waals surface area contributed by atoms with Gasteiger partial charge in [-0.15, -0.1) is 17.1 Å². The second-order valence-corrected chi connectivity index (χ2v) is 27.6. The van der Waals surface area contributed by atoms with Crippen LogP contribution in [0.3, 0.4) is 0 Å². The molecule has 0 fully saturated rings. The summed E-state index contributed by atoms with van der Waals surface area (Å²) in [6.07, 6.45) is 0. The Morgan fingerprint density at radius 1 is 0.444 bits per heavy atom. The predicted octanol–water partition coefficient (Wildman–Crippen LogP) is 3.07. The molecule has 3 aromatic carbocycles. The minimum Gasteiger partial charge on any atom is -0.687 e. The van der Waals surface area contributed by atoms with E-state index in [9.17, 15) is 0 Å². The van der Waals surface area contributed by atoms with E-state index in [1.165, 1.54) is 33.4 Å². The number of hydrogen-bond donors (Lipinski definition) is 0. The summed E-state index contributed by atoms with van der Waals surface area (Å²) in [5.74, 6) is 0. The van der Waals surface area contributed by atoms with Gasteiger partial charge >= 0.3 is 56.6 Å². The Balaban J connectivity index is 0. The summed E-state index contributed by atoms with van der Waals surface area (Å²) in [5, 5.41) is 0. The van der Waals surface area contributed by atoms with Crippen molar-refractivity contribution in [2.24, 2.45) is 0 Å². The van der Waals surface area contributed by atoms with Crippen LogP contribution in [0.1, 0.15) is 47.2 Å². The molecule has 0 aliphatic rings. The first-order valence-corrected chi connectivity index (χ1v) is 24.5. The fraction of sp³-hybridized carbons (Fsp3) is 0.486. The number of benzene rings is 3. The van der Waals surface area contributed by atoms with Crippen LogP contribution >= 0.6 is 0 Å². The molecule has 0 atom stereocenters. The zero-order chi connectivity index (χ0) is 31.9. The van der Waals surface area contributed by atoms with Gasteiger partial charge in [0.2, 0.25) is 0 Å². The molecule has 0 saturated heterocycles. The summed E-state index contributed by atoms with van der Waals surface area (Å²) >= 11 is 0. The number of nitrogens with zero attached hydrogens (tertiary/aromatic N) is 3. The molecule has 0 spiro atoms. The zero-order valence-corrected chi connectivity index (χ0v) is 34.9. The fourth-order valence-electron chi connectivity index (χ4n) is 7.03. The Hall–Kier alpha value is -0.537. The second-order valence-electron chi connectivity index (χ2n) is 13.5. The van der Waals surface area contributed by atoms with Crippen molar-refractivity contribution in [2.45, 2.75) is 99.5 Å². The molecule has 3 rings (SSSR count). The molecule has 232 valence electrons. The van der Waals surface area contributed by atoms with Gasteiger partial charge in [-0.05, 0) is 55.4 Å². The quantitative estimate of drug-likeness (QED) is 0.298. The maximum Gasteiger partial charge on any atom is 1.00 e. The van der Waals surface area contributed by atoms with Crippen LogP contribution in [0.15, 0.2) is 54.6 Å². The first-order chi connectivity index (χ1) is 19.4. The van der Waals surface area contributed by atoms with Gasteiger partial charge in [0.05, 0.1) is 0 Å². The Bertz CT molecular complexity index is 1120. The van der Waals surface area contributed by atoms with Crippen molar-refractivity contribution >= 4 is 41.8 Å². The van der Waals surface area contributed by atoms with Crippen molar-refractivity contribution in [3.8, 4) is 0 Å². The average molecular weight is 640 g/mol. The summed E-state index contributed by atoms with van der Waals surface area (Å²) in [6, 6.07) is 20.1. The summed E-state index contributed by atoms with van der Waals surface area (Å²) < 4.78 is 4.83. The van der Waals surface area contributed by atoms with Gasteiger partial charge in [-0.25, -0.2) is 0 Å². The molecule has 3 aromatic rings. The van der Waals surface area contributed by atoms with Crippen molar-refractivity contribution in [2.75, 3.05) is 13.2 Å². The van der Waals surface area contributed by atoms with Crippen LogP contribution in [-0.2, 0) is 4.74 Å². The monoisotopic (exact) mass is 639 g/mol. The van der Waals surface area contributed by atoms with E-state index in [2.05, 4.69) is 135 Å². The zero-order valence-electron chi connectivity index (χ0n) is 31.9. The van der Waals surface area contributed by atoms with Crippen LogP contribution < -0.4 is 56.6 Å².